The molecule has 4 aromatic rings. The van der Waals surface area contributed by atoms with E-state index in [0.29, 0.717) is 30.6 Å². The molecule has 45 heavy (non-hydrogen) atoms. The van der Waals surface area contributed by atoms with Crippen molar-refractivity contribution >= 4 is 40.5 Å². The molecule has 240 valence electrons. The Hall–Kier alpha value is -4.90. The third kappa shape index (κ3) is 10.6. The van der Waals surface area contributed by atoms with Gasteiger partial charge in [0, 0.05) is 55.2 Å². The predicted molar refractivity (Wildman–Crippen MR) is 176 cm³/mol. The van der Waals surface area contributed by atoms with Crippen molar-refractivity contribution in [3.63, 3.8) is 0 Å². The minimum Gasteiger partial charge on any atom is -0.505 e. The molecule has 3 aliphatic heterocycles. The number of aromatic hydroxyl groups is 1. The van der Waals surface area contributed by atoms with Crippen LogP contribution in [-0.4, -0.2) is 49.5 Å². The first-order valence-electron chi connectivity index (χ1n) is 14.8. The highest BCUT2D eigenvalue weighted by atomic mass is 19.1. The van der Waals surface area contributed by atoms with Gasteiger partial charge in [-0.3, -0.25) is 10.1 Å². The molecule has 1 saturated heterocycles. The zero-order valence-corrected chi connectivity index (χ0v) is 25.9. The predicted octanol–water partition coefficient (Wildman–Crippen LogP) is 5.85. The fourth-order valence-electron chi connectivity index (χ4n) is 4.82. The lowest BCUT2D eigenvalue weighted by Crippen LogP contribution is -2.18. The molecule has 0 radical (unpaired) electrons. The second-order valence-corrected chi connectivity index (χ2v) is 10.7. The lowest BCUT2D eigenvalue weighted by Gasteiger charge is -2.18. The van der Waals surface area contributed by atoms with Crippen LogP contribution in [0, 0.1) is 12.7 Å². The number of nitrogens with zero attached hydrogens (tertiary/aromatic N) is 1. The maximum atomic E-state index is 13.9. The average molecular weight is 620 g/mol. The van der Waals surface area contributed by atoms with Crippen LogP contribution in [0.2, 0.25) is 0 Å². The molecular formula is C34H42FN5O5. The largest absolute Gasteiger partial charge is 0.505 e. The molecule has 1 fully saturated rings. The van der Waals surface area contributed by atoms with Crippen LogP contribution in [0.3, 0.4) is 0 Å². The number of rotatable bonds is 1. The Morgan fingerprint density at radius 3 is 2.44 bits per heavy atom. The number of phenols is 1. The van der Waals surface area contributed by atoms with Gasteiger partial charge in [0.2, 0.25) is 6.41 Å². The number of benzene rings is 3. The number of ether oxygens (including phenoxy) is 2. The molecule has 0 aliphatic carbocycles. The highest BCUT2D eigenvalue weighted by Crippen LogP contribution is 2.29. The minimum absolute atomic E-state index is 0.0693. The Morgan fingerprint density at radius 1 is 1.07 bits per heavy atom. The van der Waals surface area contributed by atoms with Gasteiger partial charge >= 0.3 is 6.09 Å². The van der Waals surface area contributed by atoms with Crippen molar-refractivity contribution in [2.45, 2.75) is 45.4 Å². The van der Waals surface area contributed by atoms with Gasteiger partial charge in [0.15, 0.2) is 11.6 Å². The number of carbonyl (C=O) groups excluding carboxylic acids is 2. The molecule has 10 nitrogen and oxygen atoms in total. The number of aromatic nitrogens is 1. The van der Waals surface area contributed by atoms with Gasteiger partial charge in [0.1, 0.15) is 5.82 Å². The highest BCUT2D eigenvalue weighted by Gasteiger charge is 2.16. The van der Waals surface area contributed by atoms with Crippen LogP contribution in [0.25, 0.3) is 10.8 Å². The molecule has 4 heterocycles. The van der Waals surface area contributed by atoms with E-state index in [4.69, 9.17) is 25.7 Å². The molecule has 1 atom stereocenters. The number of carbonyl (C=O) groups is 2. The van der Waals surface area contributed by atoms with Gasteiger partial charge in [0.05, 0.1) is 6.61 Å². The van der Waals surface area contributed by atoms with Crippen molar-refractivity contribution in [3.05, 3.63) is 88.9 Å². The number of anilines is 3. The van der Waals surface area contributed by atoms with E-state index in [9.17, 15) is 14.3 Å². The molecule has 2 amide bonds. The topological polar surface area (TPSA) is 162 Å². The molecular weight excluding hydrogens is 577 g/mol. The van der Waals surface area contributed by atoms with E-state index in [1.165, 1.54) is 12.8 Å². The average Bonchev–Trinajstić information content (AvgIpc) is 3.62. The molecule has 0 saturated carbocycles. The number of aryl methyl sites for hydroxylation is 3. The first-order valence-corrected chi connectivity index (χ1v) is 14.8. The summed E-state index contributed by atoms with van der Waals surface area (Å²) >= 11 is 0. The number of hydrogen-bond acceptors (Lipinski definition) is 8. The van der Waals surface area contributed by atoms with Crippen molar-refractivity contribution in [1.29, 1.82) is 0 Å². The van der Waals surface area contributed by atoms with Crippen LogP contribution >= 0.6 is 0 Å². The Kier molecular flexibility index (Phi) is 13.4. The standard InChI is InChI=1S/C19H20FNO3.C9H9N3.C4H8O.C2H5NO/c1-11-7-13-3-5-14-8-15(9-17(20)18(14)22)21-19(23)24-10-12(2)16(11)6-4-13;10-7-1-2-8-6(5-7)3-4-12-9(8)11;1-2-4-5-3-1;1-3-2-4/h4,6-9,12,22H,3,5,10H2,1-2H3,(H,21,23);1-5H,10H2,(H2,11,12);1-4H2;2H,1H3,(H,3,4). The first-order chi connectivity index (χ1) is 21.6. The summed E-state index contributed by atoms with van der Waals surface area (Å²) in [6.07, 6.45) is 5.37. The number of hydrogen-bond donors (Lipinski definition) is 5. The number of pyridine rings is 1. The number of phenolic OH excluding ortho intramolecular Hbond substituents is 1. The lowest BCUT2D eigenvalue weighted by atomic mass is 9.93. The summed E-state index contributed by atoms with van der Waals surface area (Å²) in [6, 6.07) is 16.3. The monoisotopic (exact) mass is 619 g/mol. The molecule has 4 bridgehead atoms. The summed E-state index contributed by atoms with van der Waals surface area (Å²) in [7, 11) is 1.56. The van der Waals surface area contributed by atoms with E-state index in [1.807, 2.05) is 50.2 Å². The third-order valence-corrected chi connectivity index (χ3v) is 7.17. The summed E-state index contributed by atoms with van der Waals surface area (Å²) in [6.45, 7) is 6.26. The summed E-state index contributed by atoms with van der Waals surface area (Å²) in [5, 5.41) is 16.7. The zero-order valence-electron chi connectivity index (χ0n) is 25.9. The summed E-state index contributed by atoms with van der Waals surface area (Å²) < 4.78 is 24.1. The van der Waals surface area contributed by atoms with Gasteiger partial charge in [-0.2, -0.15) is 0 Å². The lowest BCUT2D eigenvalue weighted by molar-refractivity contribution is -0.109. The second-order valence-electron chi connectivity index (χ2n) is 10.7. The smallest absolute Gasteiger partial charge is 0.411 e. The summed E-state index contributed by atoms with van der Waals surface area (Å²) in [4.78, 5) is 25.0. The van der Waals surface area contributed by atoms with Gasteiger partial charge in [-0.1, -0.05) is 25.1 Å². The number of nitrogens with one attached hydrogen (secondary N) is 2. The van der Waals surface area contributed by atoms with Crippen molar-refractivity contribution < 1.29 is 28.6 Å². The van der Waals surface area contributed by atoms with Gasteiger partial charge in [-0.05, 0) is 90.6 Å². The van der Waals surface area contributed by atoms with Crippen LogP contribution in [0.1, 0.15) is 47.9 Å². The Balaban J connectivity index is 0.000000215. The van der Waals surface area contributed by atoms with Crippen LogP contribution in [0.4, 0.5) is 26.4 Å². The third-order valence-electron chi connectivity index (χ3n) is 7.17. The maximum absolute atomic E-state index is 13.9. The van der Waals surface area contributed by atoms with E-state index >= 15 is 0 Å². The fraction of sp³-hybridized carbons (Fsp3) is 0.324. The van der Waals surface area contributed by atoms with E-state index in [2.05, 4.69) is 21.7 Å². The quantitative estimate of drug-likeness (QED) is 0.101. The molecule has 11 heteroatoms. The first kappa shape index (κ1) is 34.6. The van der Waals surface area contributed by atoms with E-state index < -0.39 is 11.9 Å². The van der Waals surface area contributed by atoms with Crippen molar-refractivity contribution in [1.82, 2.24) is 10.3 Å². The van der Waals surface area contributed by atoms with Crippen LogP contribution in [-0.2, 0) is 27.1 Å². The number of halogens is 1. The van der Waals surface area contributed by atoms with E-state index in [-0.39, 0.29) is 24.0 Å². The number of fused-ring (bicyclic) bond motifs is 8. The van der Waals surface area contributed by atoms with Gasteiger partial charge in [-0.15, -0.1) is 0 Å². The summed E-state index contributed by atoms with van der Waals surface area (Å²) in [5.74, 6) is -0.509. The van der Waals surface area contributed by atoms with Crippen LogP contribution in [0.5, 0.6) is 5.75 Å². The number of nitrogens with two attached hydrogens (primary N) is 2. The number of amides is 2. The van der Waals surface area contributed by atoms with Crippen molar-refractivity contribution in [2.75, 3.05) is 43.7 Å². The van der Waals surface area contributed by atoms with Crippen LogP contribution in [0.15, 0.2) is 60.8 Å². The minimum atomic E-state index is -0.755. The molecule has 3 aliphatic rings. The van der Waals surface area contributed by atoms with Gasteiger partial charge < -0.3 is 31.4 Å². The SMILES string of the molecule is C1CCOC1.CNC=O.Cc1cc2ccc1C(C)COC(=O)Nc1cc(F)c(O)c(c1)CC2.Nc1ccc2c(N)nccc2c1. The fourth-order valence-corrected chi connectivity index (χ4v) is 4.82. The zero-order chi connectivity index (χ0) is 32.8. The van der Waals surface area contributed by atoms with Gasteiger partial charge in [0.25, 0.3) is 0 Å². The maximum Gasteiger partial charge on any atom is 0.411 e. The highest BCUT2D eigenvalue weighted by molar-refractivity contribution is 5.92. The van der Waals surface area contributed by atoms with E-state index in [1.54, 1.807) is 19.3 Å². The molecule has 1 unspecified atom stereocenters. The Morgan fingerprint density at radius 2 is 1.80 bits per heavy atom. The molecule has 0 spiro atoms. The normalized spacial score (nSPS) is 15.4. The molecule has 3 aromatic carbocycles. The molecule has 7 N–H and O–H groups in total. The molecule has 7 rings (SSSR count). The van der Waals surface area contributed by atoms with Crippen LogP contribution < -0.4 is 22.1 Å². The Labute approximate surface area is 262 Å². The van der Waals surface area contributed by atoms with Gasteiger partial charge in [-0.25, -0.2) is 14.2 Å². The molecule has 1 aromatic heterocycles. The van der Waals surface area contributed by atoms with Crippen molar-refractivity contribution in [2.24, 2.45) is 0 Å². The Bertz CT molecular complexity index is 1570. The summed E-state index contributed by atoms with van der Waals surface area (Å²) in [5.41, 5.74) is 16.1. The second kappa shape index (κ2) is 17.4. The van der Waals surface area contributed by atoms with E-state index in [0.717, 1.165) is 52.4 Å². The number of nitrogen functional groups attached to an aromatic ring is 2. The van der Waals surface area contributed by atoms with Crippen molar-refractivity contribution in [3.8, 4) is 5.75 Å².